The molecule has 0 saturated carbocycles. The van der Waals surface area contributed by atoms with Crippen LogP contribution in [0.3, 0.4) is 0 Å². The van der Waals surface area contributed by atoms with Gasteiger partial charge in [-0.05, 0) is 71.7 Å². The number of ether oxygens (including phenoxy) is 2. The molecule has 0 aromatic carbocycles. The van der Waals surface area contributed by atoms with E-state index in [1.807, 2.05) is 37.1 Å². The Balaban J connectivity index is 0.000000182. The van der Waals surface area contributed by atoms with Crippen molar-refractivity contribution in [1.82, 2.24) is 69.1 Å². The van der Waals surface area contributed by atoms with Gasteiger partial charge in [-0.25, -0.2) is 19.9 Å². The zero-order valence-corrected chi connectivity index (χ0v) is 52.1. The van der Waals surface area contributed by atoms with E-state index in [4.69, 9.17) is 25.0 Å². The number of aryl methyl sites for hydroxylation is 3. The highest BCUT2D eigenvalue weighted by Crippen LogP contribution is 2.32. The lowest BCUT2D eigenvalue weighted by atomic mass is 10.0. The van der Waals surface area contributed by atoms with Gasteiger partial charge in [-0.3, -0.25) is 28.5 Å². The van der Waals surface area contributed by atoms with Crippen LogP contribution in [0.25, 0.3) is 54.1 Å². The highest BCUT2D eigenvalue weighted by Gasteiger charge is 2.35. The molecule has 8 aromatic heterocycles. The highest BCUT2D eigenvalue weighted by atomic mass is 79.9. The summed E-state index contributed by atoms with van der Waals surface area (Å²) in [6.07, 6.45) is 6.59. The molecule has 2 aliphatic rings. The van der Waals surface area contributed by atoms with Crippen molar-refractivity contribution in [3.63, 3.8) is 0 Å². The van der Waals surface area contributed by atoms with Gasteiger partial charge >= 0.3 is 0 Å². The predicted octanol–water partition coefficient (Wildman–Crippen LogP) is 8.01. The number of hydrogen-bond donors (Lipinski definition) is 2. The highest BCUT2D eigenvalue weighted by molar-refractivity contribution is 9.10. The Hall–Kier alpha value is -6.73. The molecule has 10 rings (SSSR count). The molecule has 2 fully saturated rings. The molecule has 22 nitrogen and oxygen atoms in total. The van der Waals surface area contributed by atoms with E-state index in [9.17, 15) is 19.2 Å². The van der Waals surface area contributed by atoms with E-state index in [-0.39, 0.29) is 37.1 Å². The Kier molecular flexibility index (Phi) is 18.5. The molecular weight excluding hydrogens is 1160 g/mol. The topological polar surface area (TPSA) is 262 Å². The van der Waals surface area contributed by atoms with E-state index in [0.717, 1.165) is 28.0 Å². The monoisotopic (exact) mass is 1220 g/mol. The van der Waals surface area contributed by atoms with Crippen molar-refractivity contribution >= 4 is 121 Å². The summed E-state index contributed by atoms with van der Waals surface area (Å²) in [6.45, 7) is 22.4. The molecule has 10 heterocycles. The largest absolute Gasteiger partial charge is 0.361 e. The molecule has 0 unspecified atom stereocenters. The van der Waals surface area contributed by atoms with Crippen molar-refractivity contribution in [2.24, 2.45) is 25.9 Å². The standard InChI is InChI=1S/C26H32N8O3SSi.C20H27BrN6O3Si.C7H8N2S/c1-16(26(36)33-12-17(10-27)13-33)29-25(35)18-14-34(15-37-7-9-39(3,4)5)24-21(18)30-19(11-28-24)22-23-20(6-8-38-23)32(2)31-22;1-13(20(29)26-9-14(7-22)10-26)24-19(28)15-11-27(12-30-5-6-31(2,3)4)18-17(15)25-16(21)8-23-18;1-5-7-6(3-4-10-7)9(2)8-5/h6,8,11,14,16-17H,7,9,12-13,15H2,1-5H3,(H,29,35);8,11,13-14H,5-6,9-10,12H2,1-4H3,(H,24,28);3-4H,1-2H3/t16-;13-;/m11./s1. The molecule has 0 spiro atoms. The van der Waals surface area contributed by atoms with Crippen LogP contribution in [0.5, 0.6) is 0 Å². The third-order valence-electron chi connectivity index (χ3n) is 13.6. The lowest BCUT2D eigenvalue weighted by Crippen LogP contribution is -2.55. The van der Waals surface area contributed by atoms with Crippen molar-refractivity contribution in [2.45, 2.75) is 97.7 Å². The zero-order valence-electron chi connectivity index (χ0n) is 46.9. The number of nitriles is 2. The predicted molar refractivity (Wildman–Crippen MR) is 317 cm³/mol. The quantitative estimate of drug-likeness (QED) is 0.0646. The molecule has 2 N–H and O–H groups in total. The van der Waals surface area contributed by atoms with Crippen molar-refractivity contribution < 1.29 is 28.7 Å². The Morgan fingerprint density at radius 2 is 1.16 bits per heavy atom. The van der Waals surface area contributed by atoms with Crippen molar-refractivity contribution in [2.75, 3.05) is 39.4 Å². The van der Waals surface area contributed by atoms with Gasteiger partial charge in [-0.15, -0.1) is 22.7 Å². The van der Waals surface area contributed by atoms with E-state index in [0.29, 0.717) is 88.8 Å². The number of halogens is 1. The number of likely N-dealkylation sites (tertiary alicyclic amines) is 2. The molecule has 0 radical (unpaired) electrons. The molecule has 0 aliphatic carbocycles. The molecule has 2 atom stereocenters. The SMILES string of the molecule is C[C@@H](NC(=O)c1cn(COCC[Si](C)(C)C)c2ncc(-c3nn(C)c4ccsc34)nc12)C(=O)N1CC(C#N)C1.C[C@@H](NC(=O)c1cn(COCC[Si](C)(C)C)c2ncc(Br)nc12)C(=O)N1CC(C#N)C1.Cc1nn(C)c2ccsc12. The van der Waals surface area contributed by atoms with Gasteiger partial charge in [0.15, 0.2) is 11.3 Å². The summed E-state index contributed by atoms with van der Waals surface area (Å²) in [5.41, 5.74) is 7.20. The van der Waals surface area contributed by atoms with Crippen molar-refractivity contribution in [1.29, 1.82) is 10.5 Å². The van der Waals surface area contributed by atoms with Crippen LogP contribution < -0.4 is 10.6 Å². The minimum Gasteiger partial charge on any atom is -0.361 e. The van der Waals surface area contributed by atoms with Gasteiger partial charge in [-0.1, -0.05) is 39.3 Å². The van der Waals surface area contributed by atoms with Crippen molar-refractivity contribution in [3.05, 3.63) is 69.1 Å². The average Bonchev–Trinajstić information content (AvgIpc) is 4.38. The van der Waals surface area contributed by atoms with Crippen LogP contribution in [0.4, 0.5) is 0 Å². The van der Waals surface area contributed by atoms with Crippen LogP contribution in [0.2, 0.25) is 51.4 Å². The molecule has 422 valence electrons. The fourth-order valence-electron chi connectivity index (χ4n) is 8.81. The second-order valence-electron chi connectivity index (χ2n) is 22.5. The second-order valence-corrected chi connectivity index (χ2v) is 36.4. The molecular formula is C53H67BrN16O6S2Si2. The fraction of sp³-hybridized carbons (Fsp3) is 0.472. The average molecular weight is 1220 g/mol. The Labute approximate surface area is 482 Å². The number of fused-ring (bicyclic) bond motifs is 4. The molecule has 80 heavy (non-hydrogen) atoms. The van der Waals surface area contributed by atoms with Crippen LogP contribution in [0.1, 0.15) is 40.3 Å². The number of aromatic nitrogens is 10. The summed E-state index contributed by atoms with van der Waals surface area (Å²) in [5.74, 6) is -1.52. The van der Waals surface area contributed by atoms with E-state index in [2.05, 4.69) is 115 Å². The molecule has 27 heteroatoms. The first-order valence-corrected chi connectivity index (χ1v) is 36.2. The number of hydrogen-bond acceptors (Lipinski definition) is 16. The first-order valence-electron chi connectivity index (χ1n) is 26.2. The first-order chi connectivity index (χ1) is 37.9. The Morgan fingerprint density at radius 1 is 0.713 bits per heavy atom. The summed E-state index contributed by atoms with van der Waals surface area (Å²) < 4.78 is 21.9. The number of rotatable bonds is 17. The summed E-state index contributed by atoms with van der Waals surface area (Å²) >= 11 is 6.63. The number of carbonyl (C=O) groups is 4. The summed E-state index contributed by atoms with van der Waals surface area (Å²) in [7, 11) is 1.40. The maximum atomic E-state index is 13.5. The first kappa shape index (κ1) is 59.4. The van der Waals surface area contributed by atoms with E-state index >= 15 is 0 Å². The summed E-state index contributed by atoms with van der Waals surface area (Å²) in [6, 6.07) is 9.00. The number of nitrogens with zero attached hydrogens (tertiary/aromatic N) is 14. The third-order valence-corrected chi connectivity index (χ3v) is 19.3. The van der Waals surface area contributed by atoms with Gasteiger partial charge in [0, 0.05) is 82.0 Å². The summed E-state index contributed by atoms with van der Waals surface area (Å²) in [4.78, 5) is 73.1. The van der Waals surface area contributed by atoms with E-state index < -0.39 is 40.0 Å². The molecule has 4 amide bonds. The number of nitrogens with one attached hydrogen (secondary N) is 2. The minimum absolute atomic E-state index is 0.126. The number of carbonyl (C=O) groups excluding carboxylic acids is 4. The van der Waals surface area contributed by atoms with Gasteiger partial charge < -0.3 is 39.0 Å². The number of amides is 4. The molecule has 2 aliphatic heterocycles. The minimum atomic E-state index is -1.25. The molecule has 8 aromatic rings. The lowest BCUT2D eigenvalue weighted by Gasteiger charge is -2.37. The van der Waals surface area contributed by atoms with E-state index in [1.54, 1.807) is 84.9 Å². The van der Waals surface area contributed by atoms with E-state index in [1.165, 1.54) is 10.2 Å². The summed E-state index contributed by atoms with van der Waals surface area (Å²) in [5, 5.41) is 36.5. The molecule has 2 saturated heterocycles. The van der Waals surface area contributed by atoms with Crippen LogP contribution in [0.15, 0.2) is 52.3 Å². The molecule has 0 bridgehead atoms. The van der Waals surface area contributed by atoms with Gasteiger partial charge in [-0.2, -0.15) is 20.7 Å². The van der Waals surface area contributed by atoms with Gasteiger partial charge in [0.25, 0.3) is 11.8 Å². The number of thiophene rings is 2. The maximum absolute atomic E-state index is 13.5. The van der Waals surface area contributed by atoms with Crippen LogP contribution in [0, 0.1) is 41.4 Å². The second kappa shape index (κ2) is 25.0. The smallest absolute Gasteiger partial charge is 0.255 e. The van der Waals surface area contributed by atoms with Crippen LogP contribution in [-0.4, -0.2) is 150 Å². The fourth-order valence-corrected chi connectivity index (χ4v) is 12.4. The van der Waals surface area contributed by atoms with Crippen molar-refractivity contribution in [3.8, 4) is 23.5 Å². The maximum Gasteiger partial charge on any atom is 0.255 e. The van der Waals surface area contributed by atoms with Gasteiger partial charge in [0.05, 0.1) is 73.6 Å². The van der Waals surface area contributed by atoms with Crippen LogP contribution in [-0.2, 0) is 46.6 Å². The van der Waals surface area contributed by atoms with Crippen LogP contribution >= 0.6 is 38.6 Å². The normalized spacial score (nSPS) is 14.6. The zero-order chi connectivity index (χ0) is 57.8. The third kappa shape index (κ3) is 13.9. The lowest BCUT2D eigenvalue weighted by molar-refractivity contribution is -0.138. The van der Waals surface area contributed by atoms with Gasteiger partial charge in [0.1, 0.15) is 52.6 Å². The van der Waals surface area contributed by atoms with Gasteiger partial charge in [0.2, 0.25) is 11.8 Å². The Bertz CT molecular complexity index is 3630. The Morgan fingerprint density at radius 3 is 1.64 bits per heavy atom.